The quantitative estimate of drug-likeness (QED) is 0.816. The maximum Gasteiger partial charge on any atom is 0.244 e. The van der Waals surface area contributed by atoms with E-state index in [4.69, 9.17) is 4.74 Å². The summed E-state index contributed by atoms with van der Waals surface area (Å²) in [6.45, 7) is 5.35. The zero-order chi connectivity index (χ0) is 15.3. The van der Waals surface area contributed by atoms with E-state index in [9.17, 15) is 9.90 Å². The predicted molar refractivity (Wildman–Crippen MR) is 83.0 cm³/mol. The number of amides is 1. The summed E-state index contributed by atoms with van der Waals surface area (Å²) in [6.07, 6.45) is 3.83. The fraction of sp³-hybridized carbons (Fsp3) is 0.471. The van der Waals surface area contributed by atoms with Gasteiger partial charge >= 0.3 is 0 Å². The second-order valence-electron chi connectivity index (χ2n) is 5.90. The number of benzene rings is 1. The van der Waals surface area contributed by atoms with Crippen LogP contribution in [0.25, 0.3) is 6.08 Å². The molecule has 0 spiro atoms. The molecule has 0 aliphatic carbocycles. The number of nitrogens with one attached hydrogen (secondary N) is 1. The highest BCUT2D eigenvalue weighted by atomic mass is 16.5. The molecule has 1 atom stereocenters. The van der Waals surface area contributed by atoms with Gasteiger partial charge in [-0.25, -0.2) is 0 Å². The van der Waals surface area contributed by atoms with E-state index < -0.39 is 5.60 Å². The third-order valence-corrected chi connectivity index (χ3v) is 3.70. The average molecular weight is 289 g/mol. The normalized spacial score (nSPS) is 22.1. The first kappa shape index (κ1) is 15.7. The highest BCUT2D eigenvalue weighted by Crippen LogP contribution is 2.17. The van der Waals surface area contributed by atoms with Crippen molar-refractivity contribution >= 4 is 12.0 Å². The van der Waals surface area contributed by atoms with E-state index in [1.54, 1.807) is 6.08 Å². The van der Waals surface area contributed by atoms with E-state index in [0.29, 0.717) is 18.9 Å². The summed E-state index contributed by atoms with van der Waals surface area (Å²) in [4.78, 5) is 11.7. The fourth-order valence-electron chi connectivity index (χ4n) is 2.21. The van der Waals surface area contributed by atoms with Gasteiger partial charge in [0, 0.05) is 25.6 Å². The van der Waals surface area contributed by atoms with Crippen molar-refractivity contribution in [3.8, 4) is 0 Å². The number of hydrogen-bond acceptors (Lipinski definition) is 3. The van der Waals surface area contributed by atoms with Gasteiger partial charge in [-0.3, -0.25) is 4.79 Å². The van der Waals surface area contributed by atoms with Crippen LogP contribution in [0.3, 0.4) is 0 Å². The minimum Gasteiger partial charge on any atom is -0.386 e. The van der Waals surface area contributed by atoms with E-state index in [1.165, 1.54) is 11.6 Å². The summed E-state index contributed by atoms with van der Waals surface area (Å²) < 4.78 is 5.13. The molecule has 4 heteroatoms. The lowest BCUT2D eigenvalue weighted by molar-refractivity contribution is -0.117. The Kier molecular flexibility index (Phi) is 5.15. The van der Waals surface area contributed by atoms with Crippen molar-refractivity contribution in [1.82, 2.24) is 5.32 Å². The Morgan fingerprint density at radius 1 is 1.43 bits per heavy atom. The maximum absolute atomic E-state index is 11.7. The van der Waals surface area contributed by atoms with Gasteiger partial charge in [0.15, 0.2) is 0 Å². The molecular formula is C17H23NO3. The predicted octanol–water partition coefficient (Wildman–Crippen LogP) is 2.09. The Bertz CT molecular complexity index is 499. The smallest absolute Gasteiger partial charge is 0.244 e. The van der Waals surface area contributed by atoms with Crippen LogP contribution in [0.2, 0.25) is 0 Å². The summed E-state index contributed by atoms with van der Waals surface area (Å²) in [6, 6.07) is 8.14. The molecule has 1 heterocycles. The van der Waals surface area contributed by atoms with Crippen LogP contribution in [-0.2, 0) is 9.53 Å². The van der Waals surface area contributed by atoms with Crippen molar-refractivity contribution in [3.05, 3.63) is 41.5 Å². The zero-order valence-electron chi connectivity index (χ0n) is 12.6. The van der Waals surface area contributed by atoms with Crippen molar-refractivity contribution in [2.75, 3.05) is 19.8 Å². The number of hydrogen-bond donors (Lipinski definition) is 2. The van der Waals surface area contributed by atoms with Crippen LogP contribution in [0.15, 0.2) is 30.3 Å². The molecule has 2 rings (SSSR count). The Labute approximate surface area is 125 Å². The van der Waals surface area contributed by atoms with Crippen LogP contribution >= 0.6 is 0 Å². The SMILES string of the molecule is CC(C)c1ccc(/C=C/C(=O)NCC2(O)CCOC2)cc1. The molecule has 0 saturated carbocycles. The van der Waals surface area contributed by atoms with E-state index in [1.807, 2.05) is 12.1 Å². The summed E-state index contributed by atoms with van der Waals surface area (Å²) in [5.41, 5.74) is 1.35. The summed E-state index contributed by atoms with van der Waals surface area (Å²) in [5.74, 6) is 0.295. The molecule has 0 bridgehead atoms. The molecule has 1 aromatic carbocycles. The number of aliphatic hydroxyl groups is 1. The van der Waals surface area contributed by atoms with Gasteiger partial charge in [0.05, 0.1) is 6.61 Å². The van der Waals surface area contributed by atoms with Crippen molar-refractivity contribution < 1.29 is 14.6 Å². The molecule has 2 N–H and O–H groups in total. The molecule has 21 heavy (non-hydrogen) atoms. The monoisotopic (exact) mass is 289 g/mol. The first-order valence-electron chi connectivity index (χ1n) is 7.34. The van der Waals surface area contributed by atoms with Crippen LogP contribution < -0.4 is 5.32 Å². The summed E-state index contributed by atoms with van der Waals surface area (Å²) in [7, 11) is 0. The Balaban J connectivity index is 1.84. The largest absolute Gasteiger partial charge is 0.386 e. The van der Waals surface area contributed by atoms with Crippen molar-refractivity contribution in [2.24, 2.45) is 0 Å². The third-order valence-electron chi connectivity index (χ3n) is 3.70. The van der Waals surface area contributed by atoms with Gasteiger partial charge in [-0.05, 0) is 23.1 Å². The molecule has 1 fully saturated rings. The third kappa shape index (κ3) is 4.69. The fourth-order valence-corrected chi connectivity index (χ4v) is 2.21. The lowest BCUT2D eigenvalue weighted by Crippen LogP contribution is -2.42. The van der Waals surface area contributed by atoms with Gasteiger partial charge in [0.1, 0.15) is 5.60 Å². The van der Waals surface area contributed by atoms with E-state index in [2.05, 4.69) is 31.3 Å². The maximum atomic E-state index is 11.7. The van der Waals surface area contributed by atoms with Crippen molar-refractivity contribution in [2.45, 2.75) is 31.8 Å². The highest BCUT2D eigenvalue weighted by Gasteiger charge is 2.32. The van der Waals surface area contributed by atoms with Crippen LogP contribution in [-0.4, -0.2) is 36.4 Å². The minimum absolute atomic E-state index is 0.205. The van der Waals surface area contributed by atoms with Crippen LogP contribution in [0.1, 0.15) is 37.3 Å². The minimum atomic E-state index is -0.914. The van der Waals surface area contributed by atoms with E-state index in [-0.39, 0.29) is 19.1 Å². The van der Waals surface area contributed by atoms with Gasteiger partial charge in [0.2, 0.25) is 5.91 Å². The highest BCUT2D eigenvalue weighted by molar-refractivity contribution is 5.91. The Morgan fingerprint density at radius 3 is 2.71 bits per heavy atom. The van der Waals surface area contributed by atoms with Crippen molar-refractivity contribution in [1.29, 1.82) is 0 Å². The van der Waals surface area contributed by atoms with Gasteiger partial charge < -0.3 is 15.2 Å². The number of ether oxygens (including phenoxy) is 1. The van der Waals surface area contributed by atoms with Crippen LogP contribution in [0, 0.1) is 0 Å². The topological polar surface area (TPSA) is 58.6 Å². The van der Waals surface area contributed by atoms with Gasteiger partial charge in [-0.2, -0.15) is 0 Å². The Hall–Kier alpha value is -1.65. The molecule has 1 aliphatic rings. The number of carbonyl (C=O) groups is 1. The van der Waals surface area contributed by atoms with Gasteiger partial charge in [0.25, 0.3) is 0 Å². The van der Waals surface area contributed by atoms with E-state index in [0.717, 1.165) is 5.56 Å². The van der Waals surface area contributed by atoms with Gasteiger partial charge in [-0.1, -0.05) is 38.1 Å². The first-order valence-corrected chi connectivity index (χ1v) is 7.34. The molecule has 0 radical (unpaired) electrons. The second kappa shape index (κ2) is 6.87. The lowest BCUT2D eigenvalue weighted by Gasteiger charge is -2.19. The number of carbonyl (C=O) groups excluding carboxylic acids is 1. The lowest BCUT2D eigenvalue weighted by atomic mass is 10.0. The standard InChI is InChI=1S/C17H23NO3/c1-13(2)15-6-3-14(4-7-15)5-8-16(19)18-11-17(20)9-10-21-12-17/h3-8,13,20H,9-12H2,1-2H3,(H,18,19)/b8-5+. The molecule has 1 unspecified atom stereocenters. The van der Waals surface area contributed by atoms with Crippen molar-refractivity contribution in [3.63, 3.8) is 0 Å². The molecule has 1 aromatic rings. The van der Waals surface area contributed by atoms with Crippen LogP contribution in [0.4, 0.5) is 0 Å². The first-order chi connectivity index (χ1) is 9.98. The molecule has 1 saturated heterocycles. The summed E-state index contributed by atoms with van der Waals surface area (Å²) in [5, 5.41) is 12.8. The average Bonchev–Trinajstić information content (AvgIpc) is 2.91. The molecular weight excluding hydrogens is 266 g/mol. The molecule has 1 amide bonds. The van der Waals surface area contributed by atoms with Crippen LogP contribution in [0.5, 0.6) is 0 Å². The molecule has 4 nitrogen and oxygen atoms in total. The molecule has 1 aliphatic heterocycles. The zero-order valence-corrected chi connectivity index (χ0v) is 12.6. The molecule has 0 aromatic heterocycles. The number of rotatable bonds is 5. The Morgan fingerprint density at radius 2 is 2.14 bits per heavy atom. The van der Waals surface area contributed by atoms with Gasteiger partial charge in [-0.15, -0.1) is 0 Å². The molecule has 114 valence electrons. The second-order valence-corrected chi connectivity index (χ2v) is 5.90. The summed E-state index contributed by atoms with van der Waals surface area (Å²) >= 11 is 0. The van der Waals surface area contributed by atoms with E-state index >= 15 is 0 Å².